The molecule has 0 heterocycles. The van der Waals surface area contributed by atoms with Crippen LogP contribution >= 0.6 is 11.6 Å². The van der Waals surface area contributed by atoms with Crippen LogP contribution in [0.1, 0.15) is 41.3 Å². The molecule has 0 fully saturated rings. The van der Waals surface area contributed by atoms with Gasteiger partial charge in [-0.15, -0.1) is 0 Å². The van der Waals surface area contributed by atoms with E-state index in [2.05, 4.69) is 19.2 Å². The molecule has 0 aliphatic heterocycles. The third-order valence-corrected chi connectivity index (χ3v) is 3.81. The van der Waals surface area contributed by atoms with Gasteiger partial charge in [-0.1, -0.05) is 49.7 Å². The smallest absolute Gasteiger partial charge is 0.248 e. The van der Waals surface area contributed by atoms with Gasteiger partial charge in [0.1, 0.15) is 0 Å². The molecule has 1 amide bonds. The maximum atomic E-state index is 11.9. The highest BCUT2D eigenvalue weighted by molar-refractivity contribution is 6.33. The molecular formula is C19H17ClNO3-. The Morgan fingerprint density at radius 1 is 1.12 bits per heavy atom. The number of hydrogen-bond donors (Lipinski definition) is 1. The summed E-state index contributed by atoms with van der Waals surface area (Å²) in [5, 5.41) is 13.6. The van der Waals surface area contributed by atoms with Gasteiger partial charge in [0, 0.05) is 22.3 Å². The van der Waals surface area contributed by atoms with Gasteiger partial charge in [0.2, 0.25) is 5.91 Å². The highest BCUT2D eigenvalue weighted by atomic mass is 35.5. The van der Waals surface area contributed by atoms with Gasteiger partial charge in [0.25, 0.3) is 0 Å². The first-order chi connectivity index (χ1) is 11.4. The highest BCUT2D eigenvalue weighted by Crippen LogP contribution is 2.20. The van der Waals surface area contributed by atoms with Crippen LogP contribution in [0.5, 0.6) is 0 Å². The van der Waals surface area contributed by atoms with E-state index in [1.165, 1.54) is 29.8 Å². The number of anilines is 1. The molecule has 2 aromatic carbocycles. The molecule has 2 aromatic rings. The minimum Gasteiger partial charge on any atom is -0.545 e. The summed E-state index contributed by atoms with van der Waals surface area (Å²) in [7, 11) is 0. The standard InChI is InChI=1S/C19H18ClNO3/c1-12(2)14-6-3-13(4-7-14)5-10-18(22)21-15-8-9-17(20)16(11-15)19(23)24/h3-12H,1-2H3,(H,21,22)(H,23,24)/p-1/b10-5+. The van der Waals surface area contributed by atoms with E-state index < -0.39 is 5.97 Å². The molecule has 0 atom stereocenters. The molecule has 0 saturated heterocycles. The zero-order valence-electron chi connectivity index (χ0n) is 13.4. The van der Waals surface area contributed by atoms with Crippen LogP contribution in [0.3, 0.4) is 0 Å². The molecule has 0 aliphatic carbocycles. The van der Waals surface area contributed by atoms with E-state index in [1.54, 1.807) is 6.08 Å². The predicted molar refractivity (Wildman–Crippen MR) is 94.0 cm³/mol. The molecule has 0 aliphatic rings. The van der Waals surface area contributed by atoms with Crippen molar-refractivity contribution in [1.29, 1.82) is 0 Å². The van der Waals surface area contributed by atoms with Crippen LogP contribution in [-0.2, 0) is 4.79 Å². The van der Waals surface area contributed by atoms with Crippen molar-refractivity contribution in [3.05, 3.63) is 70.3 Å². The molecule has 0 bridgehead atoms. The molecule has 0 aromatic heterocycles. The molecule has 0 spiro atoms. The second kappa shape index (κ2) is 7.79. The van der Waals surface area contributed by atoms with Gasteiger partial charge in [0.15, 0.2) is 0 Å². The van der Waals surface area contributed by atoms with Gasteiger partial charge in [-0.3, -0.25) is 4.79 Å². The number of amides is 1. The summed E-state index contributed by atoms with van der Waals surface area (Å²) in [6, 6.07) is 12.1. The first kappa shape index (κ1) is 17.8. The second-order valence-corrected chi connectivity index (χ2v) is 6.03. The van der Waals surface area contributed by atoms with E-state index in [9.17, 15) is 14.7 Å². The lowest BCUT2D eigenvalue weighted by molar-refractivity contribution is -0.255. The van der Waals surface area contributed by atoms with E-state index in [4.69, 9.17) is 11.6 Å². The minimum atomic E-state index is -1.39. The monoisotopic (exact) mass is 342 g/mol. The van der Waals surface area contributed by atoms with Crippen LogP contribution in [0.4, 0.5) is 5.69 Å². The Morgan fingerprint density at radius 3 is 2.38 bits per heavy atom. The van der Waals surface area contributed by atoms with Gasteiger partial charge >= 0.3 is 0 Å². The second-order valence-electron chi connectivity index (χ2n) is 5.63. The fourth-order valence-electron chi connectivity index (χ4n) is 2.11. The Bertz CT molecular complexity index is 780. The van der Waals surface area contributed by atoms with E-state index in [-0.39, 0.29) is 16.5 Å². The number of hydrogen-bond acceptors (Lipinski definition) is 3. The maximum Gasteiger partial charge on any atom is 0.248 e. The van der Waals surface area contributed by atoms with Crippen LogP contribution < -0.4 is 10.4 Å². The molecule has 1 N–H and O–H groups in total. The van der Waals surface area contributed by atoms with Crippen molar-refractivity contribution >= 4 is 35.2 Å². The number of carboxylic acid groups (broad SMARTS) is 1. The molecule has 5 heteroatoms. The Kier molecular flexibility index (Phi) is 5.77. The van der Waals surface area contributed by atoms with Crippen LogP contribution in [0.25, 0.3) is 6.08 Å². The molecule has 4 nitrogen and oxygen atoms in total. The van der Waals surface area contributed by atoms with Crippen molar-refractivity contribution in [1.82, 2.24) is 0 Å². The molecule has 0 unspecified atom stereocenters. The zero-order chi connectivity index (χ0) is 17.7. The molecule has 0 saturated carbocycles. The van der Waals surface area contributed by atoms with Gasteiger partial charge in [0.05, 0.1) is 5.97 Å². The van der Waals surface area contributed by atoms with Crippen molar-refractivity contribution < 1.29 is 14.7 Å². The number of carbonyl (C=O) groups excluding carboxylic acids is 2. The summed E-state index contributed by atoms with van der Waals surface area (Å²) in [6.07, 6.45) is 3.08. The summed E-state index contributed by atoms with van der Waals surface area (Å²) in [6.45, 7) is 4.23. The highest BCUT2D eigenvalue weighted by Gasteiger charge is 2.05. The van der Waals surface area contributed by atoms with Crippen molar-refractivity contribution in [3.8, 4) is 0 Å². The van der Waals surface area contributed by atoms with Gasteiger partial charge in [-0.2, -0.15) is 0 Å². The van der Waals surface area contributed by atoms with E-state index in [1.807, 2.05) is 24.3 Å². The van der Waals surface area contributed by atoms with E-state index in [0.717, 1.165) is 5.56 Å². The fourth-order valence-corrected chi connectivity index (χ4v) is 2.30. The van der Waals surface area contributed by atoms with Crippen LogP contribution in [-0.4, -0.2) is 11.9 Å². The first-order valence-corrected chi connectivity index (χ1v) is 7.84. The Hall–Kier alpha value is -2.59. The SMILES string of the molecule is CC(C)c1ccc(/C=C/C(=O)Nc2ccc(Cl)c(C(=O)[O-])c2)cc1. The number of carboxylic acids is 1. The Morgan fingerprint density at radius 2 is 1.79 bits per heavy atom. The number of nitrogens with one attached hydrogen (secondary N) is 1. The molecule has 24 heavy (non-hydrogen) atoms. The summed E-state index contributed by atoms with van der Waals surface area (Å²) < 4.78 is 0. The van der Waals surface area contributed by atoms with Crippen LogP contribution in [0.15, 0.2) is 48.5 Å². The van der Waals surface area contributed by atoms with E-state index in [0.29, 0.717) is 11.6 Å². The molecule has 2 rings (SSSR count). The summed E-state index contributed by atoms with van der Waals surface area (Å²) >= 11 is 5.76. The predicted octanol–water partition coefficient (Wildman–Crippen LogP) is 3.48. The third kappa shape index (κ3) is 4.70. The lowest BCUT2D eigenvalue weighted by atomic mass is 10.0. The Labute approximate surface area is 145 Å². The number of carbonyl (C=O) groups is 2. The third-order valence-electron chi connectivity index (χ3n) is 3.48. The average molecular weight is 343 g/mol. The largest absolute Gasteiger partial charge is 0.545 e. The van der Waals surface area contributed by atoms with Crippen molar-refractivity contribution in [2.45, 2.75) is 19.8 Å². The van der Waals surface area contributed by atoms with Crippen molar-refractivity contribution in [2.24, 2.45) is 0 Å². The summed E-state index contributed by atoms with van der Waals surface area (Å²) in [5.41, 5.74) is 2.31. The Balaban J connectivity index is 2.05. The normalized spacial score (nSPS) is 11.0. The van der Waals surface area contributed by atoms with E-state index >= 15 is 0 Å². The number of halogens is 1. The minimum absolute atomic E-state index is 0.0637. The molecular weight excluding hydrogens is 326 g/mol. The summed E-state index contributed by atoms with van der Waals surface area (Å²) in [5.74, 6) is -1.31. The van der Waals surface area contributed by atoms with Crippen molar-refractivity contribution in [3.63, 3.8) is 0 Å². The summed E-state index contributed by atoms with van der Waals surface area (Å²) in [4.78, 5) is 22.9. The van der Waals surface area contributed by atoms with Gasteiger partial charge in [-0.25, -0.2) is 0 Å². The average Bonchev–Trinajstić information content (AvgIpc) is 2.55. The maximum absolute atomic E-state index is 11.9. The number of rotatable bonds is 5. The number of aromatic carboxylic acids is 1. The molecule has 0 radical (unpaired) electrons. The van der Waals surface area contributed by atoms with Gasteiger partial charge in [-0.05, 0) is 41.3 Å². The molecule has 124 valence electrons. The quantitative estimate of drug-likeness (QED) is 0.846. The van der Waals surface area contributed by atoms with Crippen LogP contribution in [0.2, 0.25) is 5.02 Å². The number of benzene rings is 2. The zero-order valence-corrected chi connectivity index (χ0v) is 14.1. The van der Waals surface area contributed by atoms with Gasteiger partial charge < -0.3 is 15.2 Å². The topological polar surface area (TPSA) is 69.2 Å². The fraction of sp³-hybridized carbons (Fsp3) is 0.158. The van der Waals surface area contributed by atoms with Crippen LogP contribution in [0, 0.1) is 0 Å². The first-order valence-electron chi connectivity index (χ1n) is 7.46. The van der Waals surface area contributed by atoms with Crippen molar-refractivity contribution in [2.75, 3.05) is 5.32 Å². The lowest BCUT2D eigenvalue weighted by Crippen LogP contribution is -2.23. The lowest BCUT2D eigenvalue weighted by Gasteiger charge is -2.08.